The zero-order valence-corrected chi connectivity index (χ0v) is 11.2. The van der Waals surface area contributed by atoms with Crippen LogP contribution in [0.3, 0.4) is 0 Å². The van der Waals surface area contributed by atoms with E-state index in [0.29, 0.717) is 21.8 Å². The Bertz CT molecular complexity index is 641. The quantitative estimate of drug-likeness (QED) is 0.809. The Morgan fingerprint density at radius 2 is 1.85 bits per heavy atom. The standard InChI is InChI=1S/C14H11ClF3NO/c1-8-5-11(12(15)7-13(8)19)9-3-2-4-10(6-9)20-14(16,17)18/h2-7H,19H2,1H3. The summed E-state index contributed by atoms with van der Waals surface area (Å²) in [6.07, 6.45) is -4.72. The number of rotatable bonds is 2. The maximum absolute atomic E-state index is 12.2. The van der Waals surface area contributed by atoms with Gasteiger partial charge in [0.15, 0.2) is 0 Å². The van der Waals surface area contributed by atoms with Crippen molar-refractivity contribution in [3.05, 3.63) is 47.0 Å². The minimum absolute atomic E-state index is 0.291. The van der Waals surface area contributed by atoms with Gasteiger partial charge in [0.2, 0.25) is 0 Å². The summed E-state index contributed by atoms with van der Waals surface area (Å²) in [4.78, 5) is 0. The second-order valence-electron chi connectivity index (χ2n) is 4.26. The summed E-state index contributed by atoms with van der Waals surface area (Å²) in [6, 6.07) is 8.94. The van der Waals surface area contributed by atoms with Gasteiger partial charge in [0.05, 0.1) is 5.02 Å². The molecule has 6 heteroatoms. The average molecular weight is 302 g/mol. The number of nitrogen functional groups attached to an aromatic ring is 1. The van der Waals surface area contributed by atoms with Gasteiger partial charge >= 0.3 is 6.36 Å². The summed E-state index contributed by atoms with van der Waals surface area (Å²) in [5.41, 5.74) is 8.18. The molecule has 0 aromatic heterocycles. The molecule has 0 saturated carbocycles. The van der Waals surface area contributed by atoms with Crippen LogP contribution in [0.4, 0.5) is 18.9 Å². The zero-order chi connectivity index (χ0) is 14.9. The molecule has 0 fully saturated rings. The van der Waals surface area contributed by atoms with Crippen LogP contribution in [-0.2, 0) is 0 Å². The topological polar surface area (TPSA) is 35.2 Å². The van der Waals surface area contributed by atoms with Crippen LogP contribution in [0.2, 0.25) is 5.02 Å². The molecule has 0 radical (unpaired) electrons. The number of nitrogens with two attached hydrogens (primary N) is 1. The van der Waals surface area contributed by atoms with E-state index < -0.39 is 6.36 Å². The van der Waals surface area contributed by atoms with Gasteiger partial charge in [0, 0.05) is 11.3 Å². The lowest BCUT2D eigenvalue weighted by atomic mass is 10.0. The summed E-state index contributed by atoms with van der Waals surface area (Å²) < 4.78 is 40.5. The monoisotopic (exact) mass is 301 g/mol. The highest BCUT2D eigenvalue weighted by molar-refractivity contribution is 6.33. The number of halogens is 4. The first-order chi connectivity index (χ1) is 9.26. The van der Waals surface area contributed by atoms with Gasteiger partial charge < -0.3 is 10.5 Å². The van der Waals surface area contributed by atoms with Crippen molar-refractivity contribution in [3.8, 4) is 16.9 Å². The minimum Gasteiger partial charge on any atom is -0.406 e. The molecule has 0 bridgehead atoms. The van der Waals surface area contributed by atoms with Gasteiger partial charge in [-0.05, 0) is 42.3 Å². The van der Waals surface area contributed by atoms with Gasteiger partial charge in [-0.25, -0.2) is 0 Å². The Morgan fingerprint density at radius 1 is 1.15 bits per heavy atom. The van der Waals surface area contributed by atoms with Crippen LogP contribution in [0.1, 0.15) is 5.56 Å². The SMILES string of the molecule is Cc1cc(-c2cccc(OC(F)(F)F)c2)c(Cl)cc1N. The minimum atomic E-state index is -4.72. The van der Waals surface area contributed by atoms with Gasteiger partial charge in [-0.15, -0.1) is 13.2 Å². The second kappa shape index (κ2) is 5.25. The maximum Gasteiger partial charge on any atom is 0.573 e. The fraction of sp³-hybridized carbons (Fsp3) is 0.143. The Hall–Kier alpha value is -1.88. The Labute approximate surface area is 118 Å². The molecule has 106 valence electrons. The number of ether oxygens (including phenoxy) is 1. The molecule has 0 unspecified atom stereocenters. The summed E-state index contributed by atoms with van der Waals surface area (Å²) in [5, 5.41) is 0.372. The van der Waals surface area contributed by atoms with Crippen LogP contribution >= 0.6 is 11.6 Å². The third kappa shape index (κ3) is 3.36. The van der Waals surface area contributed by atoms with Crippen molar-refractivity contribution in [2.24, 2.45) is 0 Å². The molecule has 0 spiro atoms. The first-order valence-electron chi connectivity index (χ1n) is 5.68. The molecular weight excluding hydrogens is 291 g/mol. The molecular formula is C14H11ClF3NO. The van der Waals surface area contributed by atoms with Crippen molar-refractivity contribution < 1.29 is 17.9 Å². The van der Waals surface area contributed by atoms with Crippen LogP contribution in [0.15, 0.2) is 36.4 Å². The Balaban J connectivity index is 2.44. The maximum atomic E-state index is 12.2. The predicted molar refractivity (Wildman–Crippen MR) is 72.7 cm³/mol. The highest BCUT2D eigenvalue weighted by atomic mass is 35.5. The molecule has 0 atom stereocenters. The smallest absolute Gasteiger partial charge is 0.406 e. The lowest BCUT2D eigenvalue weighted by molar-refractivity contribution is -0.274. The van der Waals surface area contributed by atoms with Gasteiger partial charge in [-0.1, -0.05) is 23.7 Å². The Kier molecular flexibility index (Phi) is 3.81. The van der Waals surface area contributed by atoms with Gasteiger partial charge in [-0.2, -0.15) is 0 Å². The van der Waals surface area contributed by atoms with Crippen LogP contribution < -0.4 is 10.5 Å². The summed E-state index contributed by atoms with van der Waals surface area (Å²) in [5.74, 6) is -0.291. The van der Waals surface area contributed by atoms with E-state index in [1.807, 2.05) is 0 Å². The van der Waals surface area contributed by atoms with Crippen LogP contribution in [-0.4, -0.2) is 6.36 Å². The fourth-order valence-electron chi connectivity index (χ4n) is 1.78. The van der Waals surface area contributed by atoms with E-state index in [4.69, 9.17) is 17.3 Å². The van der Waals surface area contributed by atoms with E-state index in [-0.39, 0.29) is 5.75 Å². The number of anilines is 1. The van der Waals surface area contributed by atoms with Crippen molar-refractivity contribution in [2.75, 3.05) is 5.73 Å². The molecule has 2 rings (SSSR count). The lowest BCUT2D eigenvalue weighted by Gasteiger charge is -2.12. The number of aryl methyl sites for hydroxylation is 1. The highest BCUT2D eigenvalue weighted by Crippen LogP contribution is 2.34. The average Bonchev–Trinajstić information content (AvgIpc) is 2.32. The van der Waals surface area contributed by atoms with E-state index in [0.717, 1.165) is 5.56 Å². The lowest BCUT2D eigenvalue weighted by Crippen LogP contribution is -2.17. The molecule has 2 aromatic carbocycles. The molecule has 2 N–H and O–H groups in total. The summed E-state index contributed by atoms with van der Waals surface area (Å²) in [7, 11) is 0. The molecule has 0 saturated heterocycles. The van der Waals surface area contributed by atoms with Crippen LogP contribution in [0.5, 0.6) is 5.75 Å². The molecule has 2 nitrogen and oxygen atoms in total. The van der Waals surface area contributed by atoms with Gasteiger partial charge in [-0.3, -0.25) is 0 Å². The highest BCUT2D eigenvalue weighted by Gasteiger charge is 2.31. The fourth-order valence-corrected chi connectivity index (χ4v) is 2.06. The molecule has 0 amide bonds. The second-order valence-corrected chi connectivity index (χ2v) is 4.67. The number of hydrogen-bond acceptors (Lipinski definition) is 2. The van der Waals surface area contributed by atoms with E-state index in [1.54, 1.807) is 25.1 Å². The van der Waals surface area contributed by atoms with Crippen molar-refractivity contribution in [3.63, 3.8) is 0 Å². The van der Waals surface area contributed by atoms with Crippen LogP contribution in [0.25, 0.3) is 11.1 Å². The normalized spacial score (nSPS) is 11.4. The first-order valence-corrected chi connectivity index (χ1v) is 6.06. The molecule has 0 aliphatic heterocycles. The largest absolute Gasteiger partial charge is 0.573 e. The Morgan fingerprint density at radius 3 is 2.50 bits per heavy atom. The summed E-state index contributed by atoms with van der Waals surface area (Å²) in [6.45, 7) is 1.80. The third-order valence-corrected chi connectivity index (χ3v) is 3.05. The van der Waals surface area contributed by atoms with Crippen molar-refractivity contribution in [1.29, 1.82) is 0 Å². The van der Waals surface area contributed by atoms with E-state index in [2.05, 4.69) is 4.74 Å². The zero-order valence-electron chi connectivity index (χ0n) is 10.5. The van der Waals surface area contributed by atoms with E-state index >= 15 is 0 Å². The summed E-state index contributed by atoms with van der Waals surface area (Å²) >= 11 is 6.08. The third-order valence-electron chi connectivity index (χ3n) is 2.73. The number of benzene rings is 2. The van der Waals surface area contributed by atoms with E-state index in [1.165, 1.54) is 18.2 Å². The predicted octanol–water partition coefficient (Wildman–Crippen LogP) is 4.80. The molecule has 20 heavy (non-hydrogen) atoms. The van der Waals surface area contributed by atoms with Gasteiger partial charge in [0.1, 0.15) is 5.75 Å². The van der Waals surface area contributed by atoms with Crippen molar-refractivity contribution in [1.82, 2.24) is 0 Å². The number of alkyl halides is 3. The number of hydrogen-bond donors (Lipinski definition) is 1. The van der Waals surface area contributed by atoms with Crippen LogP contribution in [0, 0.1) is 6.92 Å². The van der Waals surface area contributed by atoms with Crippen molar-refractivity contribution >= 4 is 17.3 Å². The van der Waals surface area contributed by atoms with Crippen molar-refractivity contribution in [2.45, 2.75) is 13.3 Å². The molecule has 0 aliphatic carbocycles. The molecule has 0 heterocycles. The molecule has 2 aromatic rings. The molecule has 0 aliphatic rings. The first kappa shape index (κ1) is 14.5. The van der Waals surface area contributed by atoms with Gasteiger partial charge in [0.25, 0.3) is 0 Å². The van der Waals surface area contributed by atoms with E-state index in [9.17, 15) is 13.2 Å².